The minimum atomic E-state index is -0.295. The zero-order chi connectivity index (χ0) is 14.5. The van der Waals surface area contributed by atoms with Crippen LogP contribution in [0.4, 0.5) is 0 Å². The van der Waals surface area contributed by atoms with Gasteiger partial charge in [-0.2, -0.15) is 0 Å². The van der Waals surface area contributed by atoms with Crippen LogP contribution in [0.25, 0.3) is 0 Å². The molecule has 0 radical (unpaired) electrons. The molecule has 3 N–H and O–H groups in total. The molecule has 0 fully saturated rings. The standard InChI is InChI=1S/C15H15NO4/c1-20-14-7-4-11(8-13(14)18)15(19)16-9-10-2-5-12(17)6-3-10/h2-8,17-18H,9H2,1H3,(H,16,19). The highest BCUT2D eigenvalue weighted by Gasteiger charge is 2.09. The minimum Gasteiger partial charge on any atom is -0.508 e. The Kier molecular flexibility index (Phi) is 4.10. The molecule has 0 saturated carbocycles. The maximum atomic E-state index is 11.9. The molecule has 0 spiro atoms. The fourth-order valence-corrected chi connectivity index (χ4v) is 1.73. The van der Waals surface area contributed by atoms with E-state index in [9.17, 15) is 9.90 Å². The van der Waals surface area contributed by atoms with Crippen LogP contribution in [0.3, 0.4) is 0 Å². The topological polar surface area (TPSA) is 78.8 Å². The summed E-state index contributed by atoms with van der Waals surface area (Å²) in [5.41, 5.74) is 1.22. The van der Waals surface area contributed by atoms with Crippen LogP contribution in [0.2, 0.25) is 0 Å². The zero-order valence-electron chi connectivity index (χ0n) is 11.0. The number of phenols is 2. The van der Waals surface area contributed by atoms with Gasteiger partial charge < -0.3 is 20.3 Å². The van der Waals surface area contributed by atoms with Crippen LogP contribution in [0, 0.1) is 0 Å². The summed E-state index contributed by atoms with van der Waals surface area (Å²) in [5, 5.41) is 21.5. The van der Waals surface area contributed by atoms with Gasteiger partial charge in [0.15, 0.2) is 11.5 Å². The van der Waals surface area contributed by atoms with Gasteiger partial charge in [0.2, 0.25) is 0 Å². The zero-order valence-corrected chi connectivity index (χ0v) is 11.0. The van der Waals surface area contributed by atoms with Crippen LogP contribution in [0.1, 0.15) is 15.9 Å². The predicted octanol–water partition coefficient (Wildman–Crippen LogP) is 2.04. The Bertz CT molecular complexity index is 608. The fourth-order valence-electron chi connectivity index (χ4n) is 1.73. The molecule has 2 rings (SSSR count). The number of hydrogen-bond acceptors (Lipinski definition) is 4. The van der Waals surface area contributed by atoms with Crippen LogP contribution >= 0.6 is 0 Å². The van der Waals surface area contributed by atoms with Crippen LogP contribution in [-0.4, -0.2) is 23.2 Å². The van der Waals surface area contributed by atoms with Crippen LogP contribution in [-0.2, 0) is 6.54 Å². The highest BCUT2D eigenvalue weighted by molar-refractivity contribution is 5.94. The van der Waals surface area contributed by atoms with Gasteiger partial charge in [-0.1, -0.05) is 12.1 Å². The molecule has 0 bridgehead atoms. The van der Waals surface area contributed by atoms with E-state index in [-0.39, 0.29) is 17.4 Å². The van der Waals surface area contributed by atoms with E-state index in [0.717, 1.165) is 5.56 Å². The Balaban J connectivity index is 2.01. The van der Waals surface area contributed by atoms with Crippen molar-refractivity contribution in [2.75, 3.05) is 7.11 Å². The Labute approximate surface area is 116 Å². The quantitative estimate of drug-likeness (QED) is 0.796. The van der Waals surface area contributed by atoms with Crippen molar-refractivity contribution in [2.24, 2.45) is 0 Å². The van der Waals surface area contributed by atoms with Crippen molar-refractivity contribution in [3.8, 4) is 17.2 Å². The van der Waals surface area contributed by atoms with Gasteiger partial charge in [-0.15, -0.1) is 0 Å². The molecule has 1 amide bonds. The minimum absolute atomic E-state index is 0.0789. The normalized spacial score (nSPS) is 10.1. The van der Waals surface area contributed by atoms with Gasteiger partial charge in [0.25, 0.3) is 5.91 Å². The van der Waals surface area contributed by atoms with E-state index in [0.29, 0.717) is 17.9 Å². The Morgan fingerprint density at radius 1 is 1.15 bits per heavy atom. The molecule has 0 saturated heterocycles. The van der Waals surface area contributed by atoms with E-state index in [2.05, 4.69) is 5.32 Å². The van der Waals surface area contributed by atoms with Gasteiger partial charge >= 0.3 is 0 Å². The van der Waals surface area contributed by atoms with Gasteiger partial charge in [-0.05, 0) is 35.9 Å². The molecule has 104 valence electrons. The molecular weight excluding hydrogens is 258 g/mol. The lowest BCUT2D eigenvalue weighted by Gasteiger charge is -2.08. The van der Waals surface area contributed by atoms with E-state index in [4.69, 9.17) is 9.84 Å². The summed E-state index contributed by atoms with van der Waals surface area (Å²) in [7, 11) is 1.44. The number of methoxy groups -OCH3 is 1. The summed E-state index contributed by atoms with van der Waals surface area (Å²) in [6, 6.07) is 11.0. The first-order valence-electron chi connectivity index (χ1n) is 6.03. The van der Waals surface area contributed by atoms with Crippen molar-refractivity contribution in [1.82, 2.24) is 5.32 Å². The third-order valence-corrected chi connectivity index (χ3v) is 2.83. The summed E-state index contributed by atoms with van der Waals surface area (Å²) >= 11 is 0. The number of nitrogens with one attached hydrogen (secondary N) is 1. The summed E-state index contributed by atoms with van der Waals surface area (Å²) in [4.78, 5) is 11.9. The lowest BCUT2D eigenvalue weighted by molar-refractivity contribution is 0.0950. The first-order valence-corrected chi connectivity index (χ1v) is 6.03. The van der Waals surface area contributed by atoms with Crippen molar-refractivity contribution < 1.29 is 19.7 Å². The number of aromatic hydroxyl groups is 2. The molecule has 0 aliphatic rings. The third-order valence-electron chi connectivity index (χ3n) is 2.83. The highest BCUT2D eigenvalue weighted by atomic mass is 16.5. The van der Waals surface area contributed by atoms with Crippen molar-refractivity contribution in [1.29, 1.82) is 0 Å². The first kappa shape index (κ1) is 13.7. The van der Waals surface area contributed by atoms with E-state index < -0.39 is 0 Å². The summed E-state index contributed by atoms with van der Waals surface area (Å²) in [6.07, 6.45) is 0. The van der Waals surface area contributed by atoms with Crippen LogP contribution in [0.5, 0.6) is 17.2 Å². The lowest BCUT2D eigenvalue weighted by atomic mass is 10.1. The van der Waals surface area contributed by atoms with E-state index in [1.54, 1.807) is 30.3 Å². The number of rotatable bonds is 4. The molecule has 2 aromatic carbocycles. The smallest absolute Gasteiger partial charge is 0.251 e. The molecule has 0 aromatic heterocycles. The number of hydrogen-bond donors (Lipinski definition) is 3. The Morgan fingerprint density at radius 2 is 1.85 bits per heavy atom. The molecule has 2 aromatic rings. The van der Waals surface area contributed by atoms with Crippen LogP contribution < -0.4 is 10.1 Å². The van der Waals surface area contributed by atoms with Gasteiger partial charge in [0.05, 0.1) is 7.11 Å². The maximum absolute atomic E-state index is 11.9. The second-order valence-corrected chi connectivity index (χ2v) is 4.24. The number of phenolic OH excluding ortho intramolecular Hbond substituents is 2. The summed E-state index contributed by atoms with van der Waals surface area (Å²) in [6.45, 7) is 0.339. The van der Waals surface area contributed by atoms with Crippen molar-refractivity contribution in [3.05, 3.63) is 53.6 Å². The molecular formula is C15H15NO4. The molecule has 0 aliphatic heterocycles. The van der Waals surface area contributed by atoms with Gasteiger partial charge in [-0.3, -0.25) is 4.79 Å². The number of carbonyl (C=O) groups excluding carboxylic acids is 1. The molecule has 0 unspecified atom stereocenters. The molecule has 5 nitrogen and oxygen atoms in total. The van der Waals surface area contributed by atoms with Gasteiger partial charge in [0.1, 0.15) is 5.75 Å². The van der Waals surface area contributed by atoms with Crippen molar-refractivity contribution >= 4 is 5.91 Å². The molecule has 0 heterocycles. The lowest BCUT2D eigenvalue weighted by Crippen LogP contribution is -2.22. The van der Waals surface area contributed by atoms with Crippen LogP contribution in [0.15, 0.2) is 42.5 Å². The average Bonchev–Trinajstić information content (AvgIpc) is 2.46. The molecule has 0 atom stereocenters. The summed E-state index contributed by atoms with van der Waals surface area (Å²) < 4.78 is 4.91. The maximum Gasteiger partial charge on any atom is 0.251 e. The SMILES string of the molecule is COc1ccc(C(=O)NCc2ccc(O)cc2)cc1O. The highest BCUT2D eigenvalue weighted by Crippen LogP contribution is 2.26. The third kappa shape index (κ3) is 3.20. The Morgan fingerprint density at radius 3 is 2.45 bits per heavy atom. The number of amides is 1. The second-order valence-electron chi connectivity index (χ2n) is 4.24. The largest absolute Gasteiger partial charge is 0.508 e. The monoisotopic (exact) mass is 273 g/mol. The van der Waals surface area contributed by atoms with Crippen molar-refractivity contribution in [3.63, 3.8) is 0 Å². The number of ether oxygens (including phenoxy) is 1. The van der Waals surface area contributed by atoms with E-state index >= 15 is 0 Å². The van der Waals surface area contributed by atoms with E-state index in [1.165, 1.54) is 19.2 Å². The Hall–Kier alpha value is -2.69. The first-order chi connectivity index (χ1) is 9.60. The predicted molar refractivity (Wildman–Crippen MR) is 73.9 cm³/mol. The second kappa shape index (κ2) is 5.97. The molecule has 0 aliphatic carbocycles. The van der Waals surface area contributed by atoms with E-state index in [1.807, 2.05) is 0 Å². The molecule has 5 heteroatoms. The summed E-state index contributed by atoms with van der Waals surface area (Å²) in [5.74, 6) is 0.126. The molecule has 20 heavy (non-hydrogen) atoms. The van der Waals surface area contributed by atoms with Gasteiger partial charge in [0, 0.05) is 12.1 Å². The number of carbonyl (C=O) groups is 1. The fraction of sp³-hybridized carbons (Fsp3) is 0.133. The van der Waals surface area contributed by atoms with Gasteiger partial charge in [-0.25, -0.2) is 0 Å². The van der Waals surface area contributed by atoms with Crippen molar-refractivity contribution in [2.45, 2.75) is 6.54 Å². The average molecular weight is 273 g/mol. The number of benzene rings is 2.